The number of amides is 1. The lowest BCUT2D eigenvalue weighted by molar-refractivity contribution is 0.0224. The molecule has 8 nitrogen and oxygen atoms in total. The molecule has 1 aromatic rings. The summed E-state index contributed by atoms with van der Waals surface area (Å²) in [5, 5.41) is 0.497. The first-order valence-corrected chi connectivity index (χ1v) is 9.25. The number of carbonyl (C=O) groups excluding carboxylic acids is 3. The third kappa shape index (κ3) is 4.51. The van der Waals surface area contributed by atoms with E-state index in [2.05, 4.69) is 4.98 Å². The average molecular weight is 384 g/mol. The molecule has 9 heteroatoms. The normalized spacial score (nSPS) is 17.1. The Morgan fingerprint density at radius 1 is 1.27 bits per heavy atom. The molecule has 1 aliphatic rings. The number of rotatable bonds is 4. The summed E-state index contributed by atoms with van der Waals surface area (Å²) < 4.78 is 15.2. The number of methoxy groups -OCH3 is 1. The number of carbonyl (C=O) groups is 3. The van der Waals surface area contributed by atoms with Gasteiger partial charge in [-0.2, -0.15) is 0 Å². The van der Waals surface area contributed by atoms with E-state index in [0.717, 1.165) is 17.8 Å². The fourth-order valence-electron chi connectivity index (χ4n) is 2.61. The Kier molecular flexibility index (Phi) is 6.22. The average Bonchev–Trinajstić information content (AvgIpc) is 3.19. The van der Waals surface area contributed by atoms with Crippen molar-refractivity contribution in [3.63, 3.8) is 0 Å². The van der Waals surface area contributed by atoms with Crippen molar-refractivity contribution >= 4 is 29.4 Å². The van der Waals surface area contributed by atoms with Crippen LogP contribution in [0.5, 0.6) is 0 Å². The number of thiazole rings is 1. The van der Waals surface area contributed by atoms with Crippen LogP contribution in [0.3, 0.4) is 0 Å². The minimum Gasteiger partial charge on any atom is -0.464 e. The number of nitrogens with zero attached hydrogens (tertiary/aromatic N) is 2. The molecule has 0 saturated carbocycles. The van der Waals surface area contributed by atoms with E-state index in [1.165, 1.54) is 7.11 Å². The summed E-state index contributed by atoms with van der Waals surface area (Å²) in [6, 6.07) is -0.346. The predicted molar refractivity (Wildman–Crippen MR) is 94.3 cm³/mol. The van der Waals surface area contributed by atoms with Gasteiger partial charge in [0.2, 0.25) is 0 Å². The van der Waals surface area contributed by atoms with Crippen molar-refractivity contribution < 1.29 is 28.6 Å². The van der Waals surface area contributed by atoms with Crippen molar-refractivity contribution in [3.05, 3.63) is 15.6 Å². The first-order chi connectivity index (χ1) is 12.2. The zero-order valence-electron chi connectivity index (χ0n) is 15.7. The fraction of sp³-hybridized carbons (Fsp3) is 0.647. The van der Waals surface area contributed by atoms with Gasteiger partial charge in [-0.15, -0.1) is 11.3 Å². The molecular formula is C17H24N2O6S. The van der Waals surface area contributed by atoms with Gasteiger partial charge in [0.15, 0.2) is 5.69 Å². The second-order valence-corrected chi connectivity index (χ2v) is 7.80. The van der Waals surface area contributed by atoms with E-state index in [4.69, 9.17) is 14.2 Å². The molecule has 1 aromatic heterocycles. The first-order valence-electron chi connectivity index (χ1n) is 8.43. The molecule has 1 fully saturated rings. The molecule has 2 heterocycles. The summed E-state index contributed by atoms with van der Waals surface area (Å²) in [5.74, 6) is -1.34. The molecule has 2 rings (SSSR count). The highest BCUT2D eigenvalue weighted by molar-refractivity contribution is 7.14. The number of likely N-dealkylation sites (tertiary alicyclic amines) is 1. The molecule has 0 aliphatic carbocycles. The number of aromatic nitrogens is 1. The number of hydrogen-bond donors (Lipinski definition) is 0. The van der Waals surface area contributed by atoms with Crippen molar-refractivity contribution in [1.29, 1.82) is 0 Å². The van der Waals surface area contributed by atoms with Gasteiger partial charge in [0.05, 0.1) is 19.8 Å². The fourth-order valence-corrected chi connectivity index (χ4v) is 3.71. The minimum absolute atomic E-state index is 0.0815. The van der Waals surface area contributed by atoms with Crippen LogP contribution in [0, 0.1) is 0 Å². The molecule has 1 aliphatic heterocycles. The highest BCUT2D eigenvalue weighted by Gasteiger charge is 2.37. The van der Waals surface area contributed by atoms with Gasteiger partial charge in [0, 0.05) is 6.54 Å². The van der Waals surface area contributed by atoms with Crippen LogP contribution >= 0.6 is 11.3 Å². The summed E-state index contributed by atoms with van der Waals surface area (Å²) >= 11 is 1.05. The second-order valence-electron chi connectivity index (χ2n) is 6.77. The standard InChI is InChI=1S/C17H24N2O6S/c1-6-24-15(21)12-11(14(20)23-5)18-13(26-12)10-8-7-9-19(10)16(22)25-17(2,3)4/h10H,6-9H2,1-5H3/t10-/m0/s1. The van der Waals surface area contributed by atoms with E-state index >= 15 is 0 Å². The smallest absolute Gasteiger partial charge is 0.410 e. The Labute approximate surface area is 156 Å². The summed E-state index contributed by atoms with van der Waals surface area (Å²) in [5.41, 5.74) is -0.692. The molecule has 1 saturated heterocycles. The Morgan fingerprint density at radius 3 is 2.54 bits per heavy atom. The maximum atomic E-state index is 12.5. The van der Waals surface area contributed by atoms with Crippen LogP contribution in [0.4, 0.5) is 4.79 Å². The summed E-state index contributed by atoms with van der Waals surface area (Å²) in [6.45, 7) is 7.79. The van der Waals surface area contributed by atoms with Crippen LogP contribution in [-0.2, 0) is 14.2 Å². The monoisotopic (exact) mass is 384 g/mol. The van der Waals surface area contributed by atoms with Gasteiger partial charge in [0.25, 0.3) is 0 Å². The minimum atomic E-state index is -0.711. The van der Waals surface area contributed by atoms with Crippen molar-refractivity contribution in [3.8, 4) is 0 Å². The molecule has 0 aromatic carbocycles. The number of ether oxygens (including phenoxy) is 3. The quantitative estimate of drug-likeness (QED) is 0.581. The molecule has 0 N–H and O–H groups in total. The Bertz CT molecular complexity index is 694. The maximum absolute atomic E-state index is 12.5. The third-order valence-corrected chi connectivity index (χ3v) is 4.79. The molecule has 144 valence electrons. The highest BCUT2D eigenvalue weighted by atomic mass is 32.1. The van der Waals surface area contributed by atoms with Crippen LogP contribution in [0.25, 0.3) is 0 Å². The van der Waals surface area contributed by atoms with Crippen molar-refractivity contribution in [1.82, 2.24) is 9.88 Å². The maximum Gasteiger partial charge on any atom is 0.410 e. The molecule has 1 amide bonds. The molecule has 0 spiro atoms. The Hall–Kier alpha value is -2.16. The molecule has 26 heavy (non-hydrogen) atoms. The molecule has 0 unspecified atom stereocenters. The molecule has 0 bridgehead atoms. The largest absolute Gasteiger partial charge is 0.464 e. The Balaban J connectivity index is 2.33. The van der Waals surface area contributed by atoms with Gasteiger partial charge < -0.3 is 14.2 Å². The topological polar surface area (TPSA) is 95.0 Å². The second kappa shape index (κ2) is 8.03. The number of hydrogen-bond acceptors (Lipinski definition) is 8. The molecular weight excluding hydrogens is 360 g/mol. The molecule has 0 radical (unpaired) electrons. The lowest BCUT2D eigenvalue weighted by Gasteiger charge is -2.27. The highest BCUT2D eigenvalue weighted by Crippen LogP contribution is 2.36. The summed E-state index contributed by atoms with van der Waals surface area (Å²) in [4.78, 5) is 42.6. The SMILES string of the molecule is CCOC(=O)c1sc([C@@H]2CCCN2C(=O)OC(C)(C)C)nc1C(=O)OC. The van der Waals surface area contributed by atoms with Gasteiger partial charge in [0.1, 0.15) is 15.5 Å². The van der Waals surface area contributed by atoms with E-state index in [0.29, 0.717) is 18.0 Å². The van der Waals surface area contributed by atoms with E-state index in [1.807, 2.05) is 0 Å². The third-order valence-electron chi connectivity index (χ3n) is 3.65. The first kappa shape index (κ1) is 20.2. The lowest BCUT2D eigenvalue weighted by atomic mass is 10.2. The Morgan fingerprint density at radius 2 is 1.96 bits per heavy atom. The predicted octanol–water partition coefficient (Wildman–Crippen LogP) is 3.18. The van der Waals surface area contributed by atoms with Crippen molar-refractivity contribution in [2.75, 3.05) is 20.3 Å². The number of esters is 2. The van der Waals surface area contributed by atoms with E-state index < -0.39 is 23.6 Å². The van der Waals surface area contributed by atoms with Crippen molar-refractivity contribution in [2.45, 2.75) is 52.2 Å². The van der Waals surface area contributed by atoms with E-state index in [-0.39, 0.29) is 23.2 Å². The van der Waals surface area contributed by atoms with Crippen LogP contribution < -0.4 is 0 Å². The van der Waals surface area contributed by atoms with Gasteiger partial charge in [-0.05, 0) is 40.5 Å². The van der Waals surface area contributed by atoms with Gasteiger partial charge in [-0.3, -0.25) is 4.90 Å². The molecule has 1 atom stereocenters. The van der Waals surface area contributed by atoms with Crippen LogP contribution in [0.15, 0.2) is 0 Å². The summed E-state index contributed by atoms with van der Waals surface area (Å²) in [7, 11) is 1.22. The van der Waals surface area contributed by atoms with Gasteiger partial charge in [-0.1, -0.05) is 0 Å². The lowest BCUT2D eigenvalue weighted by Crippen LogP contribution is -2.36. The van der Waals surface area contributed by atoms with Crippen LogP contribution in [0.1, 0.15) is 71.7 Å². The summed E-state index contributed by atoms with van der Waals surface area (Å²) in [6.07, 6.45) is 1.02. The van der Waals surface area contributed by atoms with Crippen LogP contribution in [-0.4, -0.2) is 53.8 Å². The van der Waals surface area contributed by atoms with Crippen LogP contribution in [0.2, 0.25) is 0 Å². The van der Waals surface area contributed by atoms with Gasteiger partial charge >= 0.3 is 18.0 Å². The zero-order chi connectivity index (χ0) is 19.5. The van der Waals surface area contributed by atoms with Crippen molar-refractivity contribution in [2.24, 2.45) is 0 Å². The van der Waals surface area contributed by atoms with E-state index in [9.17, 15) is 14.4 Å². The van der Waals surface area contributed by atoms with E-state index in [1.54, 1.807) is 32.6 Å². The zero-order valence-corrected chi connectivity index (χ0v) is 16.5. The van der Waals surface area contributed by atoms with Gasteiger partial charge in [-0.25, -0.2) is 19.4 Å².